The van der Waals surface area contributed by atoms with E-state index in [1.807, 2.05) is 42.5 Å². The largest absolute Gasteiger partial charge is 0.493 e. The minimum Gasteiger partial charge on any atom is -0.493 e. The molecule has 0 bridgehead atoms. The third-order valence-electron chi connectivity index (χ3n) is 7.74. The number of methoxy groups -OCH3 is 2. The molecule has 0 saturated carbocycles. The molecule has 4 aromatic rings. The number of unbranched alkanes of at least 4 members (excludes halogenated alkanes) is 1. The van der Waals surface area contributed by atoms with Gasteiger partial charge in [-0.15, -0.1) is 0 Å². The minimum absolute atomic E-state index is 0.133. The Hall–Kier alpha value is -4.22. The predicted octanol–water partition coefficient (Wildman–Crippen LogP) is 8.27. The van der Waals surface area contributed by atoms with E-state index in [0.29, 0.717) is 13.2 Å². The zero-order valence-electron chi connectivity index (χ0n) is 24.9. The molecule has 1 atom stereocenters. The molecule has 0 fully saturated rings. The average Bonchev–Trinajstić information content (AvgIpc) is 3.05. The van der Waals surface area contributed by atoms with Crippen molar-refractivity contribution in [1.29, 1.82) is 0 Å². The molecular formula is C37H41NO4. The second-order valence-electron chi connectivity index (χ2n) is 10.6. The van der Waals surface area contributed by atoms with Crippen LogP contribution in [0, 0.1) is 0 Å². The molecule has 0 N–H and O–H groups in total. The summed E-state index contributed by atoms with van der Waals surface area (Å²) in [5, 5.41) is 0. The number of ether oxygens (including phenoxy) is 4. The van der Waals surface area contributed by atoms with Crippen molar-refractivity contribution in [3.8, 4) is 23.0 Å². The van der Waals surface area contributed by atoms with Gasteiger partial charge in [0.15, 0.2) is 23.0 Å². The van der Waals surface area contributed by atoms with E-state index in [2.05, 4.69) is 72.5 Å². The lowest BCUT2D eigenvalue weighted by atomic mass is 9.91. The molecule has 4 aromatic carbocycles. The van der Waals surface area contributed by atoms with Gasteiger partial charge in [-0.05, 0) is 71.5 Å². The summed E-state index contributed by atoms with van der Waals surface area (Å²) in [6.45, 7) is 5.29. The fraction of sp³-hybridized carbons (Fsp3) is 0.297. The van der Waals surface area contributed by atoms with Crippen LogP contribution in [-0.2, 0) is 19.6 Å². The summed E-state index contributed by atoms with van der Waals surface area (Å²) in [7, 11) is 3.39. The molecule has 0 aromatic heterocycles. The maximum Gasteiger partial charge on any atom is 0.162 e. The van der Waals surface area contributed by atoms with E-state index in [0.717, 1.165) is 72.0 Å². The molecule has 0 aliphatic carbocycles. The lowest BCUT2D eigenvalue weighted by molar-refractivity contribution is 0.214. The fourth-order valence-corrected chi connectivity index (χ4v) is 5.40. The van der Waals surface area contributed by atoms with Crippen molar-refractivity contribution in [2.75, 3.05) is 27.3 Å². The summed E-state index contributed by atoms with van der Waals surface area (Å²) in [5.74, 6) is 3.02. The fourth-order valence-electron chi connectivity index (χ4n) is 5.40. The van der Waals surface area contributed by atoms with Crippen LogP contribution in [0.2, 0.25) is 0 Å². The topological polar surface area (TPSA) is 40.2 Å². The second kappa shape index (κ2) is 14.6. The van der Waals surface area contributed by atoms with Gasteiger partial charge in [-0.3, -0.25) is 4.90 Å². The summed E-state index contributed by atoms with van der Waals surface area (Å²) in [4.78, 5) is 2.57. The standard InChI is InChI=1S/C37H41NO4/c1-4-5-21-38-22-20-31-24-37(42-27-30-14-10-7-11-15-30)35(40-3)25-32(31)33(38)18-16-28-17-19-34(39-2)36(23-28)41-26-29-12-8-6-9-13-29/h6-19,23-25,33H,4-5,20-22,26-27H2,1-3H3. The van der Waals surface area contributed by atoms with Crippen molar-refractivity contribution in [2.24, 2.45) is 0 Å². The molecular weight excluding hydrogens is 522 g/mol. The molecule has 1 heterocycles. The van der Waals surface area contributed by atoms with Crippen molar-refractivity contribution in [1.82, 2.24) is 4.90 Å². The van der Waals surface area contributed by atoms with Crippen LogP contribution in [0.5, 0.6) is 23.0 Å². The van der Waals surface area contributed by atoms with E-state index in [-0.39, 0.29) is 6.04 Å². The van der Waals surface area contributed by atoms with Crippen LogP contribution in [0.1, 0.15) is 53.6 Å². The first-order valence-corrected chi connectivity index (χ1v) is 14.8. The molecule has 1 unspecified atom stereocenters. The monoisotopic (exact) mass is 563 g/mol. The van der Waals surface area contributed by atoms with Gasteiger partial charge in [-0.1, -0.05) is 92.2 Å². The third-order valence-corrected chi connectivity index (χ3v) is 7.74. The molecule has 5 rings (SSSR count). The molecule has 0 spiro atoms. The highest BCUT2D eigenvalue weighted by molar-refractivity contribution is 5.58. The highest BCUT2D eigenvalue weighted by atomic mass is 16.5. The van der Waals surface area contributed by atoms with Crippen molar-refractivity contribution in [3.63, 3.8) is 0 Å². The van der Waals surface area contributed by atoms with E-state index in [1.165, 1.54) is 11.1 Å². The van der Waals surface area contributed by atoms with Gasteiger partial charge in [0.1, 0.15) is 13.2 Å². The minimum atomic E-state index is 0.133. The Morgan fingerprint density at radius 3 is 2.00 bits per heavy atom. The maximum absolute atomic E-state index is 6.24. The number of fused-ring (bicyclic) bond motifs is 1. The quantitative estimate of drug-likeness (QED) is 0.164. The molecule has 0 saturated heterocycles. The Kier molecular flexibility index (Phi) is 10.2. The molecule has 0 amide bonds. The van der Waals surface area contributed by atoms with Gasteiger partial charge in [0.25, 0.3) is 0 Å². The molecule has 5 nitrogen and oxygen atoms in total. The van der Waals surface area contributed by atoms with E-state index >= 15 is 0 Å². The molecule has 218 valence electrons. The summed E-state index contributed by atoms with van der Waals surface area (Å²) < 4.78 is 23.8. The summed E-state index contributed by atoms with van der Waals surface area (Å²) >= 11 is 0. The first-order valence-electron chi connectivity index (χ1n) is 14.8. The second-order valence-corrected chi connectivity index (χ2v) is 10.6. The van der Waals surface area contributed by atoms with E-state index in [4.69, 9.17) is 18.9 Å². The van der Waals surface area contributed by atoms with Crippen molar-refractivity contribution < 1.29 is 18.9 Å². The molecule has 5 heteroatoms. The molecule has 0 radical (unpaired) electrons. The SMILES string of the molecule is CCCCN1CCc2cc(OCc3ccccc3)c(OC)cc2C1C=Cc1ccc(OC)c(OCc2ccccc2)c1. The molecule has 42 heavy (non-hydrogen) atoms. The lowest BCUT2D eigenvalue weighted by Gasteiger charge is -2.36. The number of benzene rings is 4. The number of hydrogen-bond donors (Lipinski definition) is 0. The Balaban J connectivity index is 1.40. The van der Waals surface area contributed by atoms with Crippen LogP contribution in [0.3, 0.4) is 0 Å². The van der Waals surface area contributed by atoms with Gasteiger partial charge < -0.3 is 18.9 Å². The number of nitrogens with zero attached hydrogens (tertiary/aromatic N) is 1. The Morgan fingerprint density at radius 1 is 0.738 bits per heavy atom. The van der Waals surface area contributed by atoms with Gasteiger partial charge in [0.05, 0.1) is 20.3 Å². The summed E-state index contributed by atoms with van der Waals surface area (Å²) in [6, 6.07) is 31.0. The summed E-state index contributed by atoms with van der Waals surface area (Å²) in [5.41, 5.74) is 5.90. The Morgan fingerprint density at radius 2 is 1.38 bits per heavy atom. The van der Waals surface area contributed by atoms with Crippen LogP contribution in [0.15, 0.2) is 97.1 Å². The van der Waals surface area contributed by atoms with Crippen LogP contribution < -0.4 is 18.9 Å². The number of hydrogen-bond acceptors (Lipinski definition) is 5. The van der Waals surface area contributed by atoms with Crippen molar-refractivity contribution in [2.45, 2.75) is 45.4 Å². The van der Waals surface area contributed by atoms with Crippen molar-refractivity contribution >= 4 is 6.08 Å². The lowest BCUT2D eigenvalue weighted by Crippen LogP contribution is -2.35. The van der Waals surface area contributed by atoms with Crippen LogP contribution >= 0.6 is 0 Å². The van der Waals surface area contributed by atoms with E-state index < -0.39 is 0 Å². The summed E-state index contributed by atoms with van der Waals surface area (Å²) in [6.07, 6.45) is 7.81. The van der Waals surface area contributed by atoms with E-state index in [9.17, 15) is 0 Å². The maximum atomic E-state index is 6.24. The normalized spacial score (nSPS) is 14.9. The molecule has 1 aliphatic rings. The Labute approximate surface area is 250 Å². The third kappa shape index (κ3) is 7.34. The number of rotatable bonds is 13. The first kappa shape index (κ1) is 29.3. The van der Waals surface area contributed by atoms with E-state index in [1.54, 1.807) is 14.2 Å². The van der Waals surface area contributed by atoms with Gasteiger partial charge in [-0.25, -0.2) is 0 Å². The van der Waals surface area contributed by atoms with Crippen LogP contribution in [0.4, 0.5) is 0 Å². The van der Waals surface area contributed by atoms with Gasteiger partial charge in [0, 0.05) is 6.54 Å². The van der Waals surface area contributed by atoms with Crippen molar-refractivity contribution in [3.05, 3.63) is 125 Å². The zero-order chi connectivity index (χ0) is 29.1. The Bertz CT molecular complexity index is 1450. The van der Waals surface area contributed by atoms with Gasteiger partial charge in [-0.2, -0.15) is 0 Å². The highest BCUT2D eigenvalue weighted by Gasteiger charge is 2.27. The smallest absolute Gasteiger partial charge is 0.162 e. The predicted molar refractivity (Wildman–Crippen MR) is 169 cm³/mol. The first-order chi connectivity index (χ1) is 20.7. The van der Waals surface area contributed by atoms with Crippen LogP contribution in [0.25, 0.3) is 6.08 Å². The van der Waals surface area contributed by atoms with Gasteiger partial charge in [0.2, 0.25) is 0 Å². The van der Waals surface area contributed by atoms with Crippen LogP contribution in [-0.4, -0.2) is 32.2 Å². The van der Waals surface area contributed by atoms with Gasteiger partial charge >= 0.3 is 0 Å². The zero-order valence-corrected chi connectivity index (χ0v) is 24.9. The molecule has 1 aliphatic heterocycles. The average molecular weight is 564 g/mol. The highest BCUT2D eigenvalue weighted by Crippen LogP contribution is 2.40.